The van der Waals surface area contributed by atoms with Crippen LogP contribution in [-0.4, -0.2) is 40.7 Å². The lowest BCUT2D eigenvalue weighted by Gasteiger charge is -2.18. The van der Waals surface area contributed by atoms with Gasteiger partial charge < -0.3 is 10.4 Å². The molecule has 2 heterocycles. The standard InChI is InChI=1S/C14H17N3O4S/c1-4-8-7(2)22-13(11(8)14(20)21)15-12(19)9-5-6-10(18)17(3)16-9/h4-6H2,1-3H3,(H,15,19)(H,20,21). The molecule has 0 atom stereocenters. The number of hydrogen-bond acceptors (Lipinski definition) is 5. The first-order valence-electron chi connectivity index (χ1n) is 6.86. The molecule has 0 aromatic carbocycles. The summed E-state index contributed by atoms with van der Waals surface area (Å²) in [6.45, 7) is 3.70. The summed E-state index contributed by atoms with van der Waals surface area (Å²) < 4.78 is 0. The van der Waals surface area contributed by atoms with E-state index < -0.39 is 11.9 Å². The zero-order chi connectivity index (χ0) is 16.4. The number of carboxylic acid groups (broad SMARTS) is 1. The fourth-order valence-corrected chi connectivity index (χ4v) is 3.46. The quantitative estimate of drug-likeness (QED) is 0.883. The number of nitrogens with zero attached hydrogens (tertiary/aromatic N) is 2. The van der Waals surface area contributed by atoms with Crippen LogP contribution in [-0.2, 0) is 16.0 Å². The van der Waals surface area contributed by atoms with Crippen LogP contribution in [0.15, 0.2) is 5.10 Å². The van der Waals surface area contributed by atoms with Gasteiger partial charge in [-0.2, -0.15) is 5.10 Å². The van der Waals surface area contributed by atoms with Crippen molar-refractivity contribution in [3.63, 3.8) is 0 Å². The molecule has 2 N–H and O–H groups in total. The lowest BCUT2D eigenvalue weighted by atomic mass is 10.1. The van der Waals surface area contributed by atoms with Crippen LogP contribution in [0.1, 0.15) is 40.6 Å². The first-order valence-corrected chi connectivity index (χ1v) is 7.67. The molecule has 0 saturated carbocycles. The van der Waals surface area contributed by atoms with Gasteiger partial charge in [-0.15, -0.1) is 11.3 Å². The molecule has 1 aromatic rings. The molecule has 0 unspecified atom stereocenters. The molecular formula is C14H17N3O4S. The highest BCUT2D eigenvalue weighted by Crippen LogP contribution is 2.33. The summed E-state index contributed by atoms with van der Waals surface area (Å²) in [5.41, 5.74) is 1.09. The van der Waals surface area contributed by atoms with E-state index in [1.807, 2.05) is 13.8 Å². The van der Waals surface area contributed by atoms with E-state index in [0.29, 0.717) is 11.4 Å². The monoisotopic (exact) mass is 323 g/mol. The molecule has 0 bridgehead atoms. The number of carboxylic acids is 1. The summed E-state index contributed by atoms with van der Waals surface area (Å²) in [5, 5.41) is 17.4. The molecule has 0 fully saturated rings. The Kier molecular flexibility index (Phi) is 4.60. The van der Waals surface area contributed by atoms with Crippen molar-refractivity contribution in [2.24, 2.45) is 5.10 Å². The molecule has 0 saturated heterocycles. The molecule has 7 nitrogen and oxygen atoms in total. The van der Waals surface area contributed by atoms with E-state index in [1.165, 1.54) is 18.4 Å². The number of amides is 2. The Morgan fingerprint density at radius 1 is 1.41 bits per heavy atom. The first kappa shape index (κ1) is 16.2. The Morgan fingerprint density at radius 3 is 2.64 bits per heavy atom. The highest BCUT2D eigenvalue weighted by Gasteiger charge is 2.26. The largest absolute Gasteiger partial charge is 0.478 e. The van der Waals surface area contributed by atoms with E-state index in [1.54, 1.807) is 0 Å². The van der Waals surface area contributed by atoms with Gasteiger partial charge >= 0.3 is 5.97 Å². The van der Waals surface area contributed by atoms with Gasteiger partial charge in [-0.25, -0.2) is 9.80 Å². The van der Waals surface area contributed by atoms with Crippen LogP contribution in [0.2, 0.25) is 0 Å². The molecule has 8 heteroatoms. The fraction of sp³-hybridized carbons (Fsp3) is 0.429. The Labute approximate surface area is 131 Å². The number of rotatable bonds is 4. The minimum atomic E-state index is -1.06. The van der Waals surface area contributed by atoms with Gasteiger partial charge in [0.2, 0.25) is 5.91 Å². The molecule has 0 aliphatic carbocycles. The number of aryl methyl sites for hydroxylation is 1. The van der Waals surface area contributed by atoms with Crippen LogP contribution in [0.3, 0.4) is 0 Å². The van der Waals surface area contributed by atoms with Gasteiger partial charge in [0.25, 0.3) is 5.91 Å². The van der Waals surface area contributed by atoms with Gasteiger partial charge in [0.15, 0.2) is 0 Å². The second-order valence-electron chi connectivity index (χ2n) is 4.92. The molecule has 0 spiro atoms. The van der Waals surface area contributed by atoms with Crippen molar-refractivity contribution in [2.45, 2.75) is 33.1 Å². The number of carbonyl (C=O) groups excluding carboxylic acids is 2. The summed E-state index contributed by atoms with van der Waals surface area (Å²) in [6, 6.07) is 0. The SMILES string of the molecule is CCc1c(C)sc(NC(=O)C2=NN(C)C(=O)CC2)c1C(=O)O. The van der Waals surface area contributed by atoms with Gasteiger partial charge in [0.1, 0.15) is 10.7 Å². The van der Waals surface area contributed by atoms with Gasteiger partial charge in [-0.3, -0.25) is 9.59 Å². The molecule has 2 rings (SSSR count). The van der Waals surface area contributed by atoms with Crippen LogP contribution in [0.25, 0.3) is 0 Å². The van der Waals surface area contributed by atoms with Crippen molar-refractivity contribution in [1.82, 2.24) is 5.01 Å². The van der Waals surface area contributed by atoms with Crippen molar-refractivity contribution < 1.29 is 19.5 Å². The Hall–Kier alpha value is -2.22. The third kappa shape index (κ3) is 3.01. The summed E-state index contributed by atoms with van der Waals surface area (Å²) in [5.74, 6) is -1.68. The molecule has 1 aliphatic heterocycles. The smallest absolute Gasteiger partial charge is 0.339 e. The van der Waals surface area contributed by atoms with E-state index in [4.69, 9.17) is 0 Å². The number of carbonyl (C=O) groups is 3. The molecular weight excluding hydrogens is 306 g/mol. The highest BCUT2D eigenvalue weighted by molar-refractivity contribution is 7.17. The Bertz CT molecular complexity index is 678. The number of hydrazone groups is 1. The number of nitrogens with one attached hydrogen (secondary N) is 1. The summed E-state index contributed by atoms with van der Waals surface area (Å²) in [4.78, 5) is 35.9. The minimum Gasteiger partial charge on any atom is -0.478 e. The van der Waals surface area contributed by atoms with Crippen LogP contribution >= 0.6 is 11.3 Å². The Balaban J connectivity index is 2.28. The lowest BCUT2D eigenvalue weighted by Crippen LogP contribution is -2.34. The zero-order valence-corrected chi connectivity index (χ0v) is 13.4. The number of aromatic carboxylic acids is 1. The van der Waals surface area contributed by atoms with Gasteiger partial charge in [0, 0.05) is 24.8 Å². The topological polar surface area (TPSA) is 99.1 Å². The van der Waals surface area contributed by atoms with Crippen LogP contribution in [0.4, 0.5) is 5.00 Å². The van der Waals surface area contributed by atoms with E-state index in [-0.39, 0.29) is 30.0 Å². The average Bonchev–Trinajstić information content (AvgIpc) is 2.77. The molecule has 1 aromatic heterocycles. The molecule has 1 aliphatic rings. The number of hydrogen-bond donors (Lipinski definition) is 2. The third-order valence-corrected chi connectivity index (χ3v) is 4.54. The van der Waals surface area contributed by atoms with Crippen LogP contribution in [0, 0.1) is 6.92 Å². The van der Waals surface area contributed by atoms with E-state index in [2.05, 4.69) is 10.4 Å². The van der Waals surface area contributed by atoms with Gasteiger partial charge in [0.05, 0.1) is 5.56 Å². The average molecular weight is 323 g/mol. The van der Waals surface area contributed by atoms with Crippen molar-refractivity contribution in [3.05, 3.63) is 16.0 Å². The van der Waals surface area contributed by atoms with Crippen molar-refractivity contribution in [3.8, 4) is 0 Å². The molecule has 22 heavy (non-hydrogen) atoms. The predicted octanol–water partition coefficient (Wildman–Crippen LogP) is 1.86. The molecule has 2 amide bonds. The second kappa shape index (κ2) is 6.27. The van der Waals surface area contributed by atoms with Crippen LogP contribution in [0.5, 0.6) is 0 Å². The van der Waals surface area contributed by atoms with Crippen molar-refractivity contribution >= 4 is 39.8 Å². The zero-order valence-electron chi connectivity index (χ0n) is 12.6. The van der Waals surface area contributed by atoms with E-state index >= 15 is 0 Å². The maximum atomic E-state index is 12.2. The van der Waals surface area contributed by atoms with Crippen LogP contribution < -0.4 is 5.32 Å². The predicted molar refractivity (Wildman–Crippen MR) is 83.5 cm³/mol. The van der Waals surface area contributed by atoms with E-state index in [0.717, 1.165) is 15.4 Å². The fourth-order valence-electron chi connectivity index (χ4n) is 2.33. The lowest BCUT2D eigenvalue weighted by molar-refractivity contribution is -0.130. The van der Waals surface area contributed by atoms with Gasteiger partial charge in [-0.1, -0.05) is 6.92 Å². The highest BCUT2D eigenvalue weighted by atomic mass is 32.1. The molecule has 0 radical (unpaired) electrons. The first-order chi connectivity index (χ1) is 10.3. The number of thiophene rings is 1. The summed E-state index contributed by atoms with van der Waals surface area (Å²) in [7, 11) is 1.49. The normalized spacial score (nSPS) is 14.8. The second-order valence-corrected chi connectivity index (χ2v) is 6.14. The summed E-state index contributed by atoms with van der Waals surface area (Å²) in [6.07, 6.45) is 1.05. The van der Waals surface area contributed by atoms with E-state index in [9.17, 15) is 19.5 Å². The molecule has 118 valence electrons. The van der Waals surface area contributed by atoms with Gasteiger partial charge in [-0.05, 0) is 18.9 Å². The minimum absolute atomic E-state index is 0.138. The third-order valence-electron chi connectivity index (χ3n) is 3.47. The summed E-state index contributed by atoms with van der Waals surface area (Å²) >= 11 is 1.24. The van der Waals surface area contributed by atoms with Crippen molar-refractivity contribution in [2.75, 3.05) is 12.4 Å². The maximum Gasteiger partial charge on any atom is 0.339 e. The number of anilines is 1. The van der Waals surface area contributed by atoms with Crippen molar-refractivity contribution in [1.29, 1.82) is 0 Å². The maximum absolute atomic E-state index is 12.2. The Morgan fingerprint density at radius 2 is 2.09 bits per heavy atom.